The molecule has 23 heavy (non-hydrogen) atoms. The normalized spacial score (nSPS) is 10.6. The summed E-state index contributed by atoms with van der Waals surface area (Å²) in [4.78, 5) is 17.1. The van der Waals surface area contributed by atoms with Crippen LogP contribution in [0, 0.1) is 0 Å². The van der Waals surface area contributed by atoms with E-state index in [1.54, 1.807) is 30.9 Å². The number of hydrogen-bond donors (Lipinski definition) is 0. The minimum absolute atomic E-state index is 0.589. The van der Waals surface area contributed by atoms with Gasteiger partial charge in [-0.25, -0.2) is 15.0 Å². The molecule has 0 bridgehead atoms. The quantitative estimate of drug-likeness (QED) is 0.577. The van der Waals surface area contributed by atoms with Crippen molar-refractivity contribution < 1.29 is 0 Å². The Hall–Kier alpha value is -3.06. The molecular formula is C16H10N6S. The van der Waals surface area contributed by atoms with Gasteiger partial charge in [0, 0.05) is 30.4 Å². The first kappa shape index (κ1) is 13.6. The Balaban J connectivity index is 1.71. The molecule has 0 aliphatic rings. The minimum Gasteiger partial charge on any atom is -0.264 e. The van der Waals surface area contributed by atoms with Gasteiger partial charge in [0.2, 0.25) is 0 Å². The van der Waals surface area contributed by atoms with E-state index in [0.29, 0.717) is 11.5 Å². The molecule has 0 aliphatic heterocycles. The molecule has 4 aromatic heterocycles. The van der Waals surface area contributed by atoms with E-state index in [2.05, 4.69) is 30.1 Å². The van der Waals surface area contributed by atoms with Gasteiger partial charge in [0.15, 0.2) is 10.8 Å². The van der Waals surface area contributed by atoms with Crippen LogP contribution in [0.5, 0.6) is 0 Å². The van der Waals surface area contributed by atoms with Crippen LogP contribution < -0.4 is 0 Å². The maximum absolute atomic E-state index is 4.59. The van der Waals surface area contributed by atoms with Gasteiger partial charge in [-0.05, 0) is 30.3 Å². The zero-order chi connectivity index (χ0) is 15.5. The second-order valence-electron chi connectivity index (χ2n) is 4.63. The van der Waals surface area contributed by atoms with E-state index in [1.165, 1.54) is 11.3 Å². The summed E-state index contributed by atoms with van der Waals surface area (Å²) in [5, 5.41) is 10.0. The largest absolute Gasteiger partial charge is 0.264 e. The molecule has 0 unspecified atom stereocenters. The Morgan fingerprint density at radius 3 is 2.39 bits per heavy atom. The molecule has 110 valence electrons. The summed E-state index contributed by atoms with van der Waals surface area (Å²) in [6.45, 7) is 0. The highest BCUT2D eigenvalue weighted by Gasteiger charge is 2.11. The number of nitrogens with zero attached hydrogens (tertiary/aromatic N) is 6. The summed E-state index contributed by atoms with van der Waals surface area (Å²) in [6, 6.07) is 11.3. The van der Waals surface area contributed by atoms with Crippen LogP contribution in [0.15, 0.2) is 61.2 Å². The van der Waals surface area contributed by atoms with E-state index in [0.717, 1.165) is 21.3 Å². The van der Waals surface area contributed by atoms with Crippen molar-refractivity contribution in [1.29, 1.82) is 0 Å². The highest BCUT2D eigenvalue weighted by Crippen LogP contribution is 2.29. The molecule has 0 radical (unpaired) electrons. The first-order valence-corrected chi connectivity index (χ1v) is 7.70. The van der Waals surface area contributed by atoms with Crippen LogP contribution in [0.4, 0.5) is 0 Å². The number of rotatable bonds is 3. The minimum atomic E-state index is 0.589. The van der Waals surface area contributed by atoms with E-state index in [9.17, 15) is 0 Å². The summed E-state index contributed by atoms with van der Waals surface area (Å²) in [6.07, 6.45) is 6.90. The van der Waals surface area contributed by atoms with Crippen molar-refractivity contribution >= 4 is 11.3 Å². The lowest BCUT2D eigenvalue weighted by Crippen LogP contribution is -1.91. The van der Waals surface area contributed by atoms with Gasteiger partial charge in [-0.1, -0.05) is 17.4 Å². The Kier molecular flexibility index (Phi) is 3.53. The molecule has 4 aromatic rings. The number of hydrogen-bond acceptors (Lipinski definition) is 7. The van der Waals surface area contributed by atoms with E-state index < -0.39 is 0 Å². The molecule has 4 heterocycles. The Bertz CT molecular complexity index is 923. The van der Waals surface area contributed by atoms with Crippen molar-refractivity contribution in [2.24, 2.45) is 0 Å². The predicted octanol–water partition coefficient (Wildman–Crippen LogP) is 3.12. The van der Waals surface area contributed by atoms with Gasteiger partial charge in [0.25, 0.3) is 0 Å². The van der Waals surface area contributed by atoms with Crippen molar-refractivity contribution in [2.75, 3.05) is 0 Å². The first-order valence-electron chi connectivity index (χ1n) is 6.89. The third-order valence-electron chi connectivity index (χ3n) is 3.10. The fraction of sp³-hybridized carbons (Fsp3) is 0. The van der Waals surface area contributed by atoms with Gasteiger partial charge in [-0.2, -0.15) is 0 Å². The van der Waals surface area contributed by atoms with Crippen molar-refractivity contribution in [1.82, 2.24) is 30.1 Å². The highest BCUT2D eigenvalue weighted by molar-refractivity contribution is 7.17. The average Bonchev–Trinajstić information content (AvgIpc) is 3.14. The standard InChI is InChI=1S/C16H10N6S/c1-5-12(14-18-8-3-9-19-14)20-13(6-1)16-22-21-15(23-16)11-4-2-7-17-10-11/h1-10H. The lowest BCUT2D eigenvalue weighted by molar-refractivity contribution is 1.08. The van der Waals surface area contributed by atoms with Gasteiger partial charge in [-0.15, -0.1) is 10.2 Å². The molecule has 0 saturated carbocycles. The molecule has 7 heteroatoms. The summed E-state index contributed by atoms with van der Waals surface area (Å²) >= 11 is 1.48. The molecule has 4 rings (SSSR count). The Labute approximate surface area is 136 Å². The molecule has 0 aliphatic carbocycles. The van der Waals surface area contributed by atoms with Gasteiger partial charge in [0.1, 0.15) is 16.4 Å². The second kappa shape index (κ2) is 5.98. The molecule has 0 N–H and O–H groups in total. The molecule has 0 aromatic carbocycles. The molecular weight excluding hydrogens is 308 g/mol. The van der Waals surface area contributed by atoms with Crippen molar-refractivity contribution in [3.05, 3.63) is 61.2 Å². The Morgan fingerprint density at radius 2 is 1.57 bits per heavy atom. The lowest BCUT2D eigenvalue weighted by atomic mass is 10.3. The van der Waals surface area contributed by atoms with E-state index >= 15 is 0 Å². The first-order chi connectivity index (χ1) is 11.4. The fourth-order valence-electron chi connectivity index (χ4n) is 2.04. The summed E-state index contributed by atoms with van der Waals surface area (Å²) in [7, 11) is 0. The van der Waals surface area contributed by atoms with Crippen molar-refractivity contribution in [3.8, 4) is 32.8 Å². The van der Waals surface area contributed by atoms with Crippen molar-refractivity contribution in [2.45, 2.75) is 0 Å². The third kappa shape index (κ3) is 2.82. The Morgan fingerprint density at radius 1 is 0.739 bits per heavy atom. The zero-order valence-corrected chi connectivity index (χ0v) is 12.7. The predicted molar refractivity (Wildman–Crippen MR) is 87.4 cm³/mol. The maximum atomic E-state index is 4.59. The SMILES string of the molecule is c1cnc(-c2cccc(-c3nnc(-c4cccnc4)s3)n2)nc1. The van der Waals surface area contributed by atoms with Crippen LogP contribution in [0.1, 0.15) is 0 Å². The summed E-state index contributed by atoms with van der Waals surface area (Å²) in [5.74, 6) is 0.589. The van der Waals surface area contributed by atoms with E-state index in [-0.39, 0.29) is 0 Å². The van der Waals surface area contributed by atoms with Crippen molar-refractivity contribution in [3.63, 3.8) is 0 Å². The third-order valence-corrected chi connectivity index (χ3v) is 4.09. The van der Waals surface area contributed by atoms with Crippen LogP contribution >= 0.6 is 11.3 Å². The van der Waals surface area contributed by atoms with Crippen LogP contribution in [0.3, 0.4) is 0 Å². The monoisotopic (exact) mass is 318 g/mol. The maximum Gasteiger partial charge on any atom is 0.178 e. The van der Waals surface area contributed by atoms with Crippen LogP contribution in [0.2, 0.25) is 0 Å². The average molecular weight is 318 g/mol. The summed E-state index contributed by atoms with van der Waals surface area (Å²) < 4.78 is 0. The lowest BCUT2D eigenvalue weighted by Gasteiger charge is -2.00. The van der Waals surface area contributed by atoms with E-state index in [1.807, 2.05) is 30.3 Å². The number of pyridine rings is 2. The summed E-state index contributed by atoms with van der Waals surface area (Å²) in [5.41, 5.74) is 2.41. The molecule has 0 amide bonds. The van der Waals surface area contributed by atoms with Gasteiger partial charge < -0.3 is 0 Å². The number of aromatic nitrogens is 6. The van der Waals surface area contributed by atoms with Crippen LogP contribution in [-0.2, 0) is 0 Å². The van der Waals surface area contributed by atoms with Crippen LogP contribution in [-0.4, -0.2) is 30.1 Å². The van der Waals surface area contributed by atoms with Crippen LogP contribution in [0.25, 0.3) is 32.8 Å². The fourth-order valence-corrected chi connectivity index (χ4v) is 2.85. The zero-order valence-electron chi connectivity index (χ0n) is 11.9. The molecule has 0 fully saturated rings. The van der Waals surface area contributed by atoms with E-state index in [4.69, 9.17) is 0 Å². The molecule has 0 spiro atoms. The second-order valence-corrected chi connectivity index (χ2v) is 5.61. The smallest absolute Gasteiger partial charge is 0.178 e. The van der Waals surface area contributed by atoms with Gasteiger partial charge >= 0.3 is 0 Å². The molecule has 6 nitrogen and oxygen atoms in total. The highest BCUT2D eigenvalue weighted by atomic mass is 32.1. The van der Waals surface area contributed by atoms with Gasteiger partial charge in [0.05, 0.1) is 0 Å². The molecule has 0 saturated heterocycles. The topological polar surface area (TPSA) is 77.3 Å². The van der Waals surface area contributed by atoms with Gasteiger partial charge in [-0.3, -0.25) is 4.98 Å². The molecule has 0 atom stereocenters.